The smallest absolute Gasteiger partial charge is 0.0572 e. The molecule has 0 saturated carbocycles. The topological polar surface area (TPSA) is 28.2 Å². The number of hydrogen-bond acceptors (Lipinski definition) is 3. The van der Waals surface area contributed by atoms with Crippen molar-refractivity contribution >= 4 is 5.69 Å². The minimum atomic E-state index is 0.299. The molecule has 0 saturated heterocycles. The second-order valence-electron chi connectivity index (χ2n) is 5.22. The number of rotatable bonds is 7. The van der Waals surface area contributed by atoms with E-state index in [1.54, 1.807) is 0 Å². The highest BCUT2D eigenvalue weighted by Crippen LogP contribution is 2.18. The van der Waals surface area contributed by atoms with Gasteiger partial charge in [0.05, 0.1) is 17.6 Å². The summed E-state index contributed by atoms with van der Waals surface area (Å²) in [6, 6.07) is 15.1. The van der Waals surface area contributed by atoms with Crippen LogP contribution in [0.25, 0.3) is 0 Å². The molecular formula is C18H25N3. The normalized spacial score (nSPS) is 12.1. The van der Waals surface area contributed by atoms with Crippen LogP contribution in [0.4, 0.5) is 5.69 Å². The highest BCUT2D eigenvalue weighted by atomic mass is 15.1. The summed E-state index contributed by atoms with van der Waals surface area (Å²) in [5.74, 6) is 0. The first-order valence-electron chi connectivity index (χ1n) is 7.72. The van der Waals surface area contributed by atoms with Gasteiger partial charge in [0.15, 0.2) is 0 Å². The van der Waals surface area contributed by atoms with Gasteiger partial charge in [0, 0.05) is 19.1 Å². The Morgan fingerprint density at radius 1 is 1.10 bits per heavy atom. The Balaban J connectivity index is 2.08. The maximum Gasteiger partial charge on any atom is 0.0572 e. The molecule has 0 bridgehead atoms. The third-order valence-corrected chi connectivity index (χ3v) is 3.69. The van der Waals surface area contributed by atoms with Crippen molar-refractivity contribution in [3.05, 3.63) is 59.9 Å². The van der Waals surface area contributed by atoms with Gasteiger partial charge in [0.2, 0.25) is 0 Å². The molecule has 0 radical (unpaired) electrons. The fraction of sp³-hybridized carbons (Fsp3) is 0.389. The van der Waals surface area contributed by atoms with Crippen LogP contribution in [0.3, 0.4) is 0 Å². The molecule has 0 spiro atoms. The molecule has 1 unspecified atom stereocenters. The molecule has 3 nitrogen and oxygen atoms in total. The van der Waals surface area contributed by atoms with Crippen LogP contribution in [-0.2, 0) is 6.54 Å². The fourth-order valence-corrected chi connectivity index (χ4v) is 2.44. The number of nitrogens with zero attached hydrogens (tertiary/aromatic N) is 2. The van der Waals surface area contributed by atoms with Gasteiger partial charge < -0.3 is 10.2 Å². The lowest BCUT2D eigenvalue weighted by atomic mass is 10.2. The highest BCUT2D eigenvalue weighted by molar-refractivity contribution is 5.45. The van der Waals surface area contributed by atoms with Crippen molar-refractivity contribution in [1.29, 1.82) is 0 Å². The number of hydrogen-bond donors (Lipinski definition) is 1. The number of anilines is 1. The van der Waals surface area contributed by atoms with Crippen LogP contribution in [0.1, 0.15) is 38.1 Å². The molecule has 3 heteroatoms. The van der Waals surface area contributed by atoms with Gasteiger partial charge in [-0.25, -0.2) is 0 Å². The average Bonchev–Trinajstić information content (AvgIpc) is 2.54. The number of aromatic nitrogens is 1. The van der Waals surface area contributed by atoms with Crippen molar-refractivity contribution in [3.8, 4) is 0 Å². The minimum absolute atomic E-state index is 0.299. The van der Waals surface area contributed by atoms with Crippen molar-refractivity contribution in [2.45, 2.75) is 33.4 Å². The van der Waals surface area contributed by atoms with Gasteiger partial charge >= 0.3 is 0 Å². The first-order valence-corrected chi connectivity index (χ1v) is 7.72. The van der Waals surface area contributed by atoms with E-state index in [1.165, 1.54) is 11.3 Å². The summed E-state index contributed by atoms with van der Waals surface area (Å²) in [6.07, 6.45) is 1.98. The van der Waals surface area contributed by atoms with Crippen LogP contribution in [0.15, 0.2) is 48.7 Å². The average molecular weight is 283 g/mol. The molecular weight excluding hydrogens is 258 g/mol. The van der Waals surface area contributed by atoms with Crippen LogP contribution in [0, 0.1) is 0 Å². The summed E-state index contributed by atoms with van der Waals surface area (Å²) in [7, 11) is 0. The zero-order valence-corrected chi connectivity index (χ0v) is 13.2. The Morgan fingerprint density at radius 2 is 1.86 bits per heavy atom. The summed E-state index contributed by atoms with van der Waals surface area (Å²) in [6.45, 7) is 9.29. The van der Waals surface area contributed by atoms with Crippen molar-refractivity contribution in [2.24, 2.45) is 0 Å². The van der Waals surface area contributed by atoms with Gasteiger partial charge in [-0.05, 0) is 38.1 Å². The number of benzene rings is 1. The molecule has 0 aliphatic heterocycles. The molecule has 2 rings (SSSR count). The van der Waals surface area contributed by atoms with Crippen molar-refractivity contribution in [1.82, 2.24) is 10.3 Å². The van der Waals surface area contributed by atoms with Crippen LogP contribution >= 0.6 is 0 Å². The Hall–Kier alpha value is -1.87. The quantitative estimate of drug-likeness (QED) is 0.838. The van der Waals surface area contributed by atoms with E-state index in [9.17, 15) is 0 Å². The molecule has 0 aliphatic carbocycles. The first-order chi connectivity index (χ1) is 10.2. The second-order valence-corrected chi connectivity index (χ2v) is 5.22. The molecule has 1 aromatic heterocycles. The highest BCUT2D eigenvalue weighted by Gasteiger charge is 2.08. The lowest BCUT2D eigenvalue weighted by Gasteiger charge is -2.23. The largest absolute Gasteiger partial charge is 0.366 e. The monoisotopic (exact) mass is 283 g/mol. The van der Waals surface area contributed by atoms with Gasteiger partial charge in [0.25, 0.3) is 0 Å². The zero-order valence-electron chi connectivity index (χ0n) is 13.2. The molecule has 1 heterocycles. The van der Waals surface area contributed by atoms with E-state index >= 15 is 0 Å². The molecule has 1 N–H and O–H groups in total. The summed E-state index contributed by atoms with van der Waals surface area (Å²) >= 11 is 0. The zero-order chi connectivity index (χ0) is 15.1. The Kier molecular flexibility index (Phi) is 5.76. The van der Waals surface area contributed by atoms with E-state index in [2.05, 4.69) is 78.4 Å². The lowest BCUT2D eigenvalue weighted by molar-refractivity contribution is 0.583. The van der Waals surface area contributed by atoms with Gasteiger partial charge in [0.1, 0.15) is 0 Å². The second kappa shape index (κ2) is 7.79. The van der Waals surface area contributed by atoms with E-state index in [-0.39, 0.29) is 0 Å². The number of pyridine rings is 1. The van der Waals surface area contributed by atoms with Crippen LogP contribution in [0.2, 0.25) is 0 Å². The van der Waals surface area contributed by atoms with E-state index in [1.807, 2.05) is 6.20 Å². The van der Waals surface area contributed by atoms with E-state index in [0.717, 1.165) is 25.3 Å². The molecule has 0 fully saturated rings. The van der Waals surface area contributed by atoms with Gasteiger partial charge in [-0.15, -0.1) is 0 Å². The van der Waals surface area contributed by atoms with E-state index in [4.69, 9.17) is 0 Å². The molecule has 1 atom stereocenters. The summed E-state index contributed by atoms with van der Waals surface area (Å²) in [5.41, 5.74) is 3.59. The Morgan fingerprint density at radius 3 is 2.43 bits per heavy atom. The standard InChI is InChI=1S/C18H25N3/c1-4-19-15(3)18-12-11-17(13-20-18)21(5-2)14-16-9-7-6-8-10-16/h6-13,15,19H,4-5,14H2,1-3H3. The van der Waals surface area contributed by atoms with Gasteiger partial charge in [-0.2, -0.15) is 0 Å². The van der Waals surface area contributed by atoms with Crippen molar-refractivity contribution in [2.75, 3.05) is 18.0 Å². The molecule has 2 aromatic rings. The SMILES string of the molecule is CCNC(C)c1ccc(N(CC)Cc2ccccc2)cn1. The molecule has 112 valence electrons. The maximum atomic E-state index is 4.60. The van der Waals surface area contributed by atoms with Crippen LogP contribution < -0.4 is 10.2 Å². The summed E-state index contributed by atoms with van der Waals surface area (Å²) < 4.78 is 0. The molecule has 0 aliphatic rings. The summed E-state index contributed by atoms with van der Waals surface area (Å²) in [4.78, 5) is 6.94. The van der Waals surface area contributed by atoms with E-state index in [0.29, 0.717) is 6.04 Å². The third-order valence-electron chi connectivity index (χ3n) is 3.69. The first kappa shape index (κ1) is 15.5. The van der Waals surface area contributed by atoms with E-state index < -0.39 is 0 Å². The van der Waals surface area contributed by atoms with Gasteiger partial charge in [-0.3, -0.25) is 4.98 Å². The Bertz CT molecular complexity index is 522. The van der Waals surface area contributed by atoms with Crippen molar-refractivity contribution in [3.63, 3.8) is 0 Å². The van der Waals surface area contributed by atoms with Crippen LogP contribution in [-0.4, -0.2) is 18.1 Å². The predicted octanol–water partition coefficient (Wildman–Crippen LogP) is 3.78. The van der Waals surface area contributed by atoms with Crippen LogP contribution in [0.5, 0.6) is 0 Å². The summed E-state index contributed by atoms with van der Waals surface area (Å²) in [5, 5.41) is 3.39. The molecule has 0 amide bonds. The molecule has 21 heavy (non-hydrogen) atoms. The fourth-order valence-electron chi connectivity index (χ4n) is 2.44. The predicted molar refractivity (Wildman–Crippen MR) is 89.5 cm³/mol. The third kappa shape index (κ3) is 4.30. The lowest BCUT2D eigenvalue weighted by Crippen LogP contribution is -2.23. The van der Waals surface area contributed by atoms with Crippen molar-refractivity contribution < 1.29 is 0 Å². The van der Waals surface area contributed by atoms with Gasteiger partial charge in [-0.1, -0.05) is 37.3 Å². The Labute approximate surface area is 128 Å². The maximum absolute atomic E-state index is 4.60. The number of nitrogens with one attached hydrogen (secondary N) is 1. The minimum Gasteiger partial charge on any atom is -0.366 e. The molecule has 1 aromatic carbocycles.